The van der Waals surface area contributed by atoms with Crippen LogP contribution in [0.4, 0.5) is 4.79 Å². The third-order valence-electron chi connectivity index (χ3n) is 5.33. The average Bonchev–Trinajstić information content (AvgIpc) is 3.24. The molecular weight excluding hydrogens is 474 g/mol. The predicted octanol–water partition coefficient (Wildman–Crippen LogP) is 4.33. The Morgan fingerprint density at radius 2 is 1.77 bits per heavy atom. The number of nitrogens with zero attached hydrogens (tertiary/aromatic N) is 1. The van der Waals surface area contributed by atoms with E-state index in [1.165, 1.54) is 0 Å². The first-order valence-corrected chi connectivity index (χ1v) is 11.2. The molecule has 1 aliphatic heterocycles. The normalized spacial score (nSPS) is 15.3. The molecule has 4 rings (SSSR count). The summed E-state index contributed by atoms with van der Waals surface area (Å²) >= 11 is 6.27. The molecule has 1 aliphatic rings. The standard InChI is InChI=1S/C25H22ClN3O6/c1-3-33-24(31)20-18(27-25(32)28-21(20)15-9-5-4-6-10-15)13-34-23(30)19-14(2)35-29-22(19)16-11-7-8-12-17(16)26/h4-12,21H,3,13H2,1-2H3,(H2,27,28,32)/t21-/m1/s1. The monoisotopic (exact) mass is 495 g/mol. The molecule has 2 aromatic carbocycles. The van der Waals surface area contributed by atoms with Gasteiger partial charge in [-0.25, -0.2) is 14.4 Å². The lowest BCUT2D eigenvalue weighted by atomic mass is 9.95. The number of hydrogen-bond donors (Lipinski definition) is 2. The van der Waals surface area contributed by atoms with Crippen LogP contribution >= 0.6 is 11.6 Å². The Balaban J connectivity index is 1.66. The molecule has 2 N–H and O–H groups in total. The van der Waals surface area contributed by atoms with Gasteiger partial charge in [0.05, 0.1) is 28.9 Å². The van der Waals surface area contributed by atoms with E-state index in [0.29, 0.717) is 16.1 Å². The third-order valence-corrected chi connectivity index (χ3v) is 5.65. The van der Waals surface area contributed by atoms with E-state index >= 15 is 0 Å². The summed E-state index contributed by atoms with van der Waals surface area (Å²) in [6, 6.07) is 14.5. The van der Waals surface area contributed by atoms with Gasteiger partial charge in [0, 0.05) is 5.56 Å². The quantitative estimate of drug-likeness (QED) is 0.468. The van der Waals surface area contributed by atoms with Crippen molar-refractivity contribution in [2.45, 2.75) is 19.9 Å². The summed E-state index contributed by atoms with van der Waals surface area (Å²) in [6.45, 7) is 2.99. The Kier molecular flexibility index (Phi) is 7.17. The number of halogens is 1. The number of aryl methyl sites for hydroxylation is 1. The molecule has 1 atom stereocenters. The lowest BCUT2D eigenvalue weighted by Crippen LogP contribution is -2.47. The molecular formula is C25H22ClN3O6. The van der Waals surface area contributed by atoms with E-state index in [1.807, 2.05) is 6.07 Å². The molecule has 10 heteroatoms. The summed E-state index contributed by atoms with van der Waals surface area (Å²) in [7, 11) is 0. The van der Waals surface area contributed by atoms with E-state index < -0.39 is 30.6 Å². The summed E-state index contributed by atoms with van der Waals surface area (Å²) in [4.78, 5) is 38.3. The van der Waals surface area contributed by atoms with Crippen molar-refractivity contribution in [3.05, 3.63) is 87.8 Å². The van der Waals surface area contributed by atoms with Crippen LogP contribution in [0.15, 0.2) is 70.4 Å². The number of nitrogens with one attached hydrogen (secondary N) is 2. The van der Waals surface area contributed by atoms with Gasteiger partial charge in [-0.3, -0.25) is 0 Å². The summed E-state index contributed by atoms with van der Waals surface area (Å²) in [6.07, 6.45) is 0. The van der Waals surface area contributed by atoms with Gasteiger partial charge in [-0.05, 0) is 25.5 Å². The van der Waals surface area contributed by atoms with Gasteiger partial charge in [0.1, 0.15) is 23.6 Å². The van der Waals surface area contributed by atoms with E-state index in [-0.39, 0.29) is 34.9 Å². The van der Waals surface area contributed by atoms with Crippen LogP contribution in [0.25, 0.3) is 11.3 Å². The Bertz CT molecular complexity index is 1300. The number of hydrogen-bond acceptors (Lipinski definition) is 7. The Morgan fingerprint density at radius 1 is 1.06 bits per heavy atom. The van der Waals surface area contributed by atoms with E-state index in [0.717, 1.165) is 0 Å². The van der Waals surface area contributed by atoms with Crippen LogP contribution in [-0.4, -0.2) is 36.3 Å². The van der Waals surface area contributed by atoms with Crippen molar-refractivity contribution in [1.29, 1.82) is 0 Å². The van der Waals surface area contributed by atoms with Crippen molar-refractivity contribution < 1.29 is 28.4 Å². The molecule has 0 saturated heterocycles. The van der Waals surface area contributed by atoms with Gasteiger partial charge in [0.15, 0.2) is 0 Å². The van der Waals surface area contributed by atoms with Gasteiger partial charge in [-0.2, -0.15) is 0 Å². The van der Waals surface area contributed by atoms with E-state index in [9.17, 15) is 14.4 Å². The lowest BCUT2D eigenvalue weighted by molar-refractivity contribution is -0.139. The Labute approximate surface area is 206 Å². The molecule has 0 spiro atoms. The molecule has 0 bridgehead atoms. The summed E-state index contributed by atoms with van der Waals surface area (Å²) < 4.78 is 16.0. The number of esters is 2. The first kappa shape index (κ1) is 24.0. The van der Waals surface area contributed by atoms with E-state index in [2.05, 4.69) is 15.8 Å². The highest BCUT2D eigenvalue weighted by atomic mass is 35.5. The molecule has 35 heavy (non-hydrogen) atoms. The van der Waals surface area contributed by atoms with Gasteiger partial charge < -0.3 is 24.6 Å². The summed E-state index contributed by atoms with van der Waals surface area (Å²) in [5, 5.41) is 9.65. The van der Waals surface area contributed by atoms with Crippen LogP contribution in [-0.2, 0) is 14.3 Å². The van der Waals surface area contributed by atoms with Crippen molar-refractivity contribution in [1.82, 2.24) is 15.8 Å². The number of benzene rings is 2. The second-order valence-corrected chi connectivity index (χ2v) is 7.98. The van der Waals surface area contributed by atoms with Crippen LogP contribution in [0.2, 0.25) is 5.02 Å². The van der Waals surface area contributed by atoms with Crippen LogP contribution in [0.3, 0.4) is 0 Å². The highest BCUT2D eigenvalue weighted by molar-refractivity contribution is 6.33. The van der Waals surface area contributed by atoms with Gasteiger partial charge in [-0.1, -0.05) is 65.3 Å². The van der Waals surface area contributed by atoms with Crippen molar-refractivity contribution in [2.24, 2.45) is 0 Å². The van der Waals surface area contributed by atoms with Crippen molar-refractivity contribution in [3.8, 4) is 11.3 Å². The zero-order chi connectivity index (χ0) is 24.9. The molecule has 0 aliphatic carbocycles. The summed E-state index contributed by atoms with van der Waals surface area (Å²) in [5.74, 6) is -1.16. The number of aromatic nitrogens is 1. The van der Waals surface area contributed by atoms with Crippen molar-refractivity contribution in [2.75, 3.05) is 13.2 Å². The highest BCUT2D eigenvalue weighted by Crippen LogP contribution is 2.32. The largest absolute Gasteiger partial charge is 0.463 e. The lowest BCUT2D eigenvalue weighted by Gasteiger charge is -2.29. The molecule has 0 radical (unpaired) electrons. The molecule has 0 unspecified atom stereocenters. The predicted molar refractivity (Wildman–Crippen MR) is 126 cm³/mol. The smallest absolute Gasteiger partial charge is 0.344 e. The highest BCUT2D eigenvalue weighted by Gasteiger charge is 2.34. The van der Waals surface area contributed by atoms with Gasteiger partial charge in [0.25, 0.3) is 0 Å². The number of urea groups is 1. The van der Waals surface area contributed by atoms with Crippen molar-refractivity contribution in [3.63, 3.8) is 0 Å². The number of amides is 2. The Morgan fingerprint density at radius 3 is 2.49 bits per heavy atom. The Hall–Kier alpha value is -4.11. The fourth-order valence-corrected chi connectivity index (χ4v) is 3.96. The van der Waals surface area contributed by atoms with E-state index in [4.69, 9.17) is 25.6 Å². The van der Waals surface area contributed by atoms with Crippen LogP contribution < -0.4 is 10.6 Å². The maximum absolute atomic E-state index is 13.1. The minimum atomic E-state index is -0.784. The number of carbonyl (C=O) groups is 3. The molecule has 1 aromatic heterocycles. The fourth-order valence-electron chi connectivity index (χ4n) is 3.74. The van der Waals surface area contributed by atoms with Gasteiger partial charge in [0.2, 0.25) is 0 Å². The topological polar surface area (TPSA) is 120 Å². The third kappa shape index (κ3) is 5.04. The summed E-state index contributed by atoms with van der Waals surface area (Å²) in [5.41, 5.74) is 1.75. The van der Waals surface area contributed by atoms with Crippen LogP contribution in [0, 0.1) is 6.92 Å². The molecule has 9 nitrogen and oxygen atoms in total. The van der Waals surface area contributed by atoms with Crippen LogP contribution in [0.1, 0.15) is 34.6 Å². The van der Waals surface area contributed by atoms with Gasteiger partial charge in [-0.15, -0.1) is 0 Å². The minimum Gasteiger partial charge on any atom is -0.463 e. The number of carbonyl (C=O) groups excluding carboxylic acids is 3. The molecule has 2 amide bonds. The van der Waals surface area contributed by atoms with Crippen molar-refractivity contribution >= 4 is 29.6 Å². The molecule has 180 valence electrons. The second kappa shape index (κ2) is 10.4. The van der Waals surface area contributed by atoms with Crippen LogP contribution in [0.5, 0.6) is 0 Å². The molecule has 3 aromatic rings. The number of ether oxygens (including phenoxy) is 2. The zero-order valence-electron chi connectivity index (χ0n) is 19.0. The van der Waals surface area contributed by atoms with E-state index in [1.54, 1.807) is 62.4 Å². The molecule has 0 saturated carbocycles. The number of rotatable bonds is 7. The zero-order valence-corrected chi connectivity index (χ0v) is 19.7. The SMILES string of the molecule is CCOC(=O)C1=C(COC(=O)c2c(-c3ccccc3Cl)noc2C)NC(=O)N[C@@H]1c1ccccc1. The minimum absolute atomic E-state index is 0.0938. The first-order chi connectivity index (χ1) is 16.9. The molecule has 0 fully saturated rings. The maximum atomic E-state index is 13.1. The second-order valence-electron chi connectivity index (χ2n) is 7.57. The average molecular weight is 496 g/mol. The molecule has 2 heterocycles. The fraction of sp³-hybridized carbons (Fsp3) is 0.200. The first-order valence-electron chi connectivity index (χ1n) is 10.8. The maximum Gasteiger partial charge on any atom is 0.344 e. The van der Waals surface area contributed by atoms with Gasteiger partial charge >= 0.3 is 18.0 Å².